The van der Waals surface area contributed by atoms with Crippen molar-refractivity contribution in [3.63, 3.8) is 0 Å². The van der Waals surface area contributed by atoms with E-state index in [0.717, 1.165) is 0 Å². The zero-order chi connectivity index (χ0) is 17.8. The summed E-state index contributed by atoms with van der Waals surface area (Å²) in [4.78, 5) is 15.5. The molecule has 1 heterocycles. The molecule has 5 nitrogen and oxygen atoms in total. The van der Waals surface area contributed by atoms with Crippen LogP contribution in [0.1, 0.15) is 34.6 Å². The third kappa shape index (κ3) is 8.37. The van der Waals surface area contributed by atoms with E-state index < -0.39 is 0 Å². The number of nitrogens with two attached hydrogens (primary N) is 2. The molecule has 130 valence electrons. The van der Waals surface area contributed by atoms with Gasteiger partial charge in [-0.25, -0.2) is 0 Å². The van der Waals surface area contributed by atoms with Gasteiger partial charge in [0.05, 0.1) is 23.0 Å². The molecule has 5 N–H and O–H groups in total. The molecule has 0 spiro atoms. The fourth-order valence-electron chi connectivity index (χ4n) is 1.63. The summed E-state index contributed by atoms with van der Waals surface area (Å²) in [6.07, 6.45) is 11.0. The summed E-state index contributed by atoms with van der Waals surface area (Å²) < 4.78 is 0. The fourth-order valence-corrected chi connectivity index (χ4v) is 1.63. The molecule has 2 aliphatic rings. The number of rotatable bonds is 1. The molecule has 1 aliphatic carbocycles. The van der Waals surface area contributed by atoms with E-state index in [2.05, 4.69) is 16.4 Å². The first kappa shape index (κ1) is 24.7. The average Bonchev–Trinajstić information content (AvgIpc) is 2.74. The minimum absolute atomic E-state index is 0. The van der Waals surface area contributed by atoms with E-state index >= 15 is 0 Å². The normalized spacial score (nSPS) is 19.2. The third-order valence-corrected chi connectivity index (χ3v) is 2.52. The quantitative estimate of drug-likeness (QED) is 0.436. The van der Waals surface area contributed by atoms with Crippen LogP contribution >= 0.6 is 0 Å². The molecule has 0 amide bonds. The summed E-state index contributed by atoms with van der Waals surface area (Å²) in [5, 5.41) is 3.12. The zero-order valence-electron chi connectivity index (χ0n) is 15.1. The van der Waals surface area contributed by atoms with Crippen molar-refractivity contribution in [2.24, 2.45) is 16.5 Å². The van der Waals surface area contributed by atoms with Crippen molar-refractivity contribution < 1.29 is 35.9 Å². The van der Waals surface area contributed by atoms with Gasteiger partial charge in [-0.3, -0.25) is 4.99 Å². The molecule has 6 heteroatoms. The Balaban J connectivity index is 0. The number of carbonyl (C=O) groups excluding carboxylic acids is 1. The van der Waals surface area contributed by atoms with Crippen LogP contribution < -0.4 is 16.8 Å². The predicted octanol–water partition coefficient (Wildman–Crippen LogP) is 2.50. The maximum absolute atomic E-state index is 11.1. The van der Waals surface area contributed by atoms with Gasteiger partial charge in [0.1, 0.15) is 0 Å². The number of carbonyl (C=O) groups is 1. The number of nitrogens with one attached hydrogen (secondary N) is 1. The van der Waals surface area contributed by atoms with Gasteiger partial charge in [0, 0.05) is 43.4 Å². The minimum atomic E-state index is -0.0856. The summed E-state index contributed by atoms with van der Waals surface area (Å²) in [6.45, 7) is 10.3. The summed E-state index contributed by atoms with van der Waals surface area (Å²) >= 11 is 0. The molecule has 0 bridgehead atoms. The number of aliphatic imine (C=N–C) groups is 1. The second-order valence-electron chi connectivity index (χ2n) is 4.21. The van der Waals surface area contributed by atoms with Crippen LogP contribution in [-0.2, 0) is 4.79 Å². The Labute approximate surface area is 169 Å². The standard InChI is InChI=1S/C14H15N4O.2C2H6.U/c1-9(15)8-13-12(16)6-7-17-14(18-13)10-2-4-11(19)5-3-10;2*1-2;/h2,4-6,8,17H,7,15-16H2,1H3;2*1-2H3;/q-1;;;/b9-8-,14-10+;;;. The van der Waals surface area contributed by atoms with E-state index in [1.165, 1.54) is 12.2 Å². The van der Waals surface area contributed by atoms with Gasteiger partial charge in [-0.2, -0.15) is 0 Å². The monoisotopic (exact) mass is 553 g/mol. The molecule has 1 aliphatic heterocycles. The molecule has 0 aromatic heterocycles. The fraction of sp³-hybridized carbons (Fsp3) is 0.333. The second-order valence-corrected chi connectivity index (χ2v) is 4.21. The molecule has 0 aromatic rings. The van der Waals surface area contributed by atoms with Crippen LogP contribution in [0.3, 0.4) is 0 Å². The van der Waals surface area contributed by atoms with E-state index in [1.807, 2.05) is 33.8 Å². The summed E-state index contributed by atoms with van der Waals surface area (Å²) in [6, 6.07) is 0. The van der Waals surface area contributed by atoms with Crippen LogP contribution in [0.4, 0.5) is 0 Å². The van der Waals surface area contributed by atoms with Crippen molar-refractivity contribution >= 4 is 11.5 Å². The van der Waals surface area contributed by atoms with E-state index in [1.54, 1.807) is 19.1 Å². The summed E-state index contributed by atoms with van der Waals surface area (Å²) in [5.74, 6) is 0.529. The van der Waals surface area contributed by atoms with Gasteiger partial charge in [0.25, 0.3) is 0 Å². The Morgan fingerprint density at radius 3 is 2.42 bits per heavy atom. The topological polar surface area (TPSA) is 93.5 Å². The van der Waals surface area contributed by atoms with Crippen molar-refractivity contribution in [3.8, 4) is 0 Å². The Hall–Kier alpha value is -1.51. The molecule has 0 aromatic carbocycles. The van der Waals surface area contributed by atoms with Gasteiger partial charge in [-0.05, 0) is 19.1 Å². The first-order valence-electron chi connectivity index (χ1n) is 7.84. The third-order valence-electron chi connectivity index (χ3n) is 2.52. The number of hydrogen-bond acceptors (Lipinski definition) is 5. The first-order chi connectivity index (χ1) is 11.1. The van der Waals surface area contributed by atoms with Gasteiger partial charge in [0.15, 0.2) is 0 Å². The van der Waals surface area contributed by atoms with E-state index in [0.29, 0.717) is 35.0 Å². The van der Waals surface area contributed by atoms with E-state index in [-0.39, 0.29) is 36.9 Å². The molecular weight excluding hydrogens is 526 g/mol. The molecule has 0 fully saturated rings. The Kier molecular flexibility index (Phi) is 14.3. The minimum Gasteiger partial charge on any atom is -0.405 e. The largest absolute Gasteiger partial charge is 0.405 e. The van der Waals surface area contributed by atoms with Gasteiger partial charge in [-0.1, -0.05) is 33.8 Å². The second kappa shape index (κ2) is 13.9. The SMILES string of the molecule is C/C(N)=C/C1=NC(=C2/[C-]=CC(=O)C=C2)/NCC=C1N.CC.CC.[U]. The maximum Gasteiger partial charge on any atom is 0.0934 e. The van der Waals surface area contributed by atoms with Crippen molar-refractivity contribution in [2.45, 2.75) is 34.6 Å². The molecular formula is C18H27N4OU-. The van der Waals surface area contributed by atoms with Crippen LogP contribution in [0.2, 0.25) is 0 Å². The molecule has 0 radical (unpaired) electrons. The molecule has 0 saturated carbocycles. The van der Waals surface area contributed by atoms with E-state index in [4.69, 9.17) is 11.5 Å². The Morgan fingerprint density at radius 1 is 1.29 bits per heavy atom. The van der Waals surface area contributed by atoms with Crippen molar-refractivity contribution in [1.29, 1.82) is 0 Å². The van der Waals surface area contributed by atoms with Gasteiger partial charge >= 0.3 is 0 Å². The molecule has 2 rings (SSSR count). The predicted molar refractivity (Wildman–Crippen MR) is 97.3 cm³/mol. The van der Waals surface area contributed by atoms with Crippen molar-refractivity contribution in [3.05, 3.63) is 59.2 Å². The van der Waals surface area contributed by atoms with Crippen LogP contribution in [0.15, 0.2) is 58.2 Å². The molecule has 0 atom stereocenters. The molecule has 0 unspecified atom stereocenters. The van der Waals surface area contributed by atoms with Crippen molar-refractivity contribution in [2.75, 3.05) is 6.54 Å². The van der Waals surface area contributed by atoms with Gasteiger partial charge in [-0.15, -0.1) is 23.8 Å². The van der Waals surface area contributed by atoms with Crippen LogP contribution in [0.5, 0.6) is 0 Å². The molecule has 24 heavy (non-hydrogen) atoms. The number of allylic oxidation sites excluding steroid dienone is 7. The van der Waals surface area contributed by atoms with Crippen molar-refractivity contribution in [1.82, 2.24) is 5.32 Å². The van der Waals surface area contributed by atoms with Crippen LogP contribution in [-0.4, -0.2) is 18.0 Å². The number of nitrogens with zero attached hydrogens (tertiary/aromatic N) is 1. The first-order valence-corrected chi connectivity index (χ1v) is 7.84. The smallest absolute Gasteiger partial charge is 0.0934 e. The van der Waals surface area contributed by atoms with Gasteiger partial charge in [0.2, 0.25) is 0 Å². The van der Waals surface area contributed by atoms with E-state index in [9.17, 15) is 4.79 Å². The number of hydrogen-bond donors (Lipinski definition) is 3. The van der Waals surface area contributed by atoms with Crippen LogP contribution in [0, 0.1) is 37.2 Å². The summed E-state index contributed by atoms with van der Waals surface area (Å²) in [7, 11) is 0. The Bertz CT molecular complexity index is 574. The molecule has 0 saturated heterocycles. The summed E-state index contributed by atoms with van der Waals surface area (Å²) in [5.41, 5.74) is 14.1. The average molecular weight is 553 g/mol. The Morgan fingerprint density at radius 2 is 1.92 bits per heavy atom. The van der Waals surface area contributed by atoms with Crippen LogP contribution in [0.25, 0.3) is 0 Å². The maximum atomic E-state index is 11.1. The number of ketones is 1. The van der Waals surface area contributed by atoms with Gasteiger partial charge < -0.3 is 21.6 Å². The zero-order valence-corrected chi connectivity index (χ0v) is 19.3.